The van der Waals surface area contributed by atoms with Gasteiger partial charge < -0.3 is 10.4 Å². The Balaban J connectivity index is 2.00. The van der Waals surface area contributed by atoms with Crippen LogP contribution in [0.25, 0.3) is 0 Å². The first-order chi connectivity index (χ1) is 5.64. The van der Waals surface area contributed by atoms with E-state index in [-0.39, 0.29) is 12.0 Å². The zero-order valence-corrected chi connectivity index (χ0v) is 8.27. The van der Waals surface area contributed by atoms with E-state index in [4.69, 9.17) is 5.11 Å². The van der Waals surface area contributed by atoms with Crippen LogP contribution in [-0.4, -0.2) is 24.8 Å². The minimum atomic E-state index is 0.0454. The van der Waals surface area contributed by atoms with Gasteiger partial charge in [0.15, 0.2) is 0 Å². The van der Waals surface area contributed by atoms with Gasteiger partial charge >= 0.3 is 0 Å². The summed E-state index contributed by atoms with van der Waals surface area (Å²) in [5.74, 6) is 0.916. The lowest BCUT2D eigenvalue weighted by Crippen LogP contribution is -2.36. The van der Waals surface area contributed by atoms with E-state index in [1.54, 1.807) is 0 Å². The second-order valence-electron chi connectivity index (χ2n) is 4.75. The number of hydrogen-bond donors (Lipinski definition) is 2. The van der Waals surface area contributed by atoms with E-state index in [0.29, 0.717) is 0 Å². The molecule has 0 atom stereocenters. The van der Waals surface area contributed by atoms with Crippen molar-refractivity contribution in [3.05, 3.63) is 0 Å². The number of aliphatic hydroxyl groups excluding tert-OH is 1. The predicted molar refractivity (Wildman–Crippen MR) is 51.1 cm³/mol. The molecule has 1 rings (SSSR count). The van der Waals surface area contributed by atoms with Gasteiger partial charge in [0.1, 0.15) is 0 Å². The summed E-state index contributed by atoms with van der Waals surface area (Å²) in [5.41, 5.74) is 0.0454. The van der Waals surface area contributed by atoms with E-state index >= 15 is 0 Å². The molecule has 2 nitrogen and oxygen atoms in total. The molecule has 0 aromatic heterocycles. The molecule has 72 valence electrons. The molecule has 0 bridgehead atoms. The van der Waals surface area contributed by atoms with Crippen molar-refractivity contribution in [1.29, 1.82) is 0 Å². The minimum Gasteiger partial charge on any atom is -0.396 e. The third-order valence-corrected chi connectivity index (χ3v) is 2.69. The van der Waals surface area contributed by atoms with Gasteiger partial charge in [0.05, 0.1) is 0 Å². The lowest BCUT2D eigenvalue weighted by atomic mass is 9.85. The van der Waals surface area contributed by atoms with Crippen LogP contribution < -0.4 is 5.32 Å². The summed E-state index contributed by atoms with van der Waals surface area (Å²) in [6.45, 7) is 6.51. The molecule has 0 spiro atoms. The van der Waals surface area contributed by atoms with Crippen LogP contribution in [-0.2, 0) is 0 Å². The summed E-state index contributed by atoms with van der Waals surface area (Å²) < 4.78 is 0. The molecule has 0 aliphatic heterocycles. The summed E-state index contributed by atoms with van der Waals surface area (Å²) >= 11 is 0. The van der Waals surface area contributed by atoms with Crippen LogP contribution in [0.5, 0.6) is 0 Å². The van der Waals surface area contributed by atoms with Crippen molar-refractivity contribution in [3.63, 3.8) is 0 Å². The van der Waals surface area contributed by atoms with E-state index in [1.165, 1.54) is 19.3 Å². The van der Waals surface area contributed by atoms with Gasteiger partial charge in [0.2, 0.25) is 0 Å². The Labute approximate surface area is 75.4 Å². The average molecular weight is 171 g/mol. The molecule has 0 saturated heterocycles. The monoisotopic (exact) mass is 171 g/mol. The fraction of sp³-hybridized carbons (Fsp3) is 1.00. The average Bonchev–Trinajstić information content (AvgIpc) is 1.95. The zero-order valence-electron chi connectivity index (χ0n) is 8.27. The van der Waals surface area contributed by atoms with Crippen molar-refractivity contribution < 1.29 is 5.11 Å². The van der Waals surface area contributed by atoms with E-state index < -0.39 is 0 Å². The Hall–Kier alpha value is -0.0800. The van der Waals surface area contributed by atoms with Crippen LogP contribution in [0.2, 0.25) is 0 Å². The normalized spacial score (nSPS) is 19.2. The summed E-state index contributed by atoms with van der Waals surface area (Å²) in [4.78, 5) is 0. The zero-order chi connectivity index (χ0) is 9.03. The smallest absolute Gasteiger partial charge is 0.0494 e. The van der Waals surface area contributed by atoms with Gasteiger partial charge in [0.25, 0.3) is 0 Å². The van der Waals surface area contributed by atoms with E-state index in [1.807, 2.05) is 0 Å². The van der Waals surface area contributed by atoms with Crippen LogP contribution in [0.3, 0.4) is 0 Å². The number of aliphatic hydroxyl groups is 1. The van der Waals surface area contributed by atoms with E-state index in [2.05, 4.69) is 19.2 Å². The first-order valence-electron chi connectivity index (χ1n) is 4.96. The molecule has 0 amide bonds. The highest BCUT2D eigenvalue weighted by Gasteiger charge is 2.19. The highest BCUT2D eigenvalue weighted by molar-refractivity contribution is 4.75. The van der Waals surface area contributed by atoms with Crippen LogP contribution in [0, 0.1) is 11.3 Å². The first-order valence-corrected chi connectivity index (χ1v) is 4.96. The second kappa shape index (κ2) is 4.24. The first kappa shape index (κ1) is 10.0. The van der Waals surface area contributed by atoms with Gasteiger partial charge in [-0.15, -0.1) is 0 Å². The summed E-state index contributed by atoms with van der Waals surface area (Å²) in [6, 6.07) is 0. The van der Waals surface area contributed by atoms with Crippen molar-refractivity contribution in [2.75, 3.05) is 19.7 Å². The SMILES string of the molecule is CC(C)(CO)CNCC1CCC1. The largest absolute Gasteiger partial charge is 0.396 e. The van der Waals surface area contributed by atoms with Crippen molar-refractivity contribution >= 4 is 0 Å². The van der Waals surface area contributed by atoms with Crippen molar-refractivity contribution in [1.82, 2.24) is 5.32 Å². The maximum atomic E-state index is 8.99. The molecule has 0 aromatic rings. The number of nitrogens with one attached hydrogen (secondary N) is 1. The maximum Gasteiger partial charge on any atom is 0.0494 e. The minimum absolute atomic E-state index is 0.0454. The predicted octanol–water partition coefficient (Wildman–Crippen LogP) is 1.39. The Morgan fingerprint density at radius 1 is 1.42 bits per heavy atom. The molecule has 0 heterocycles. The third kappa shape index (κ3) is 3.11. The molecule has 0 unspecified atom stereocenters. The molecular formula is C10H21NO. The lowest BCUT2D eigenvalue weighted by molar-refractivity contribution is 0.152. The Bertz CT molecular complexity index is 130. The molecule has 1 aliphatic carbocycles. The molecule has 2 N–H and O–H groups in total. The molecular weight excluding hydrogens is 150 g/mol. The topological polar surface area (TPSA) is 32.3 Å². The Kier molecular flexibility index (Phi) is 3.53. The van der Waals surface area contributed by atoms with E-state index in [0.717, 1.165) is 19.0 Å². The van der Waals surface area contributed by atoms with Crippen molar-refractivity contribution in [2.45, 2.75) is 33.1 Å². The fourth-order valence-corrected chi connectivity index (χ4v) is 1.37. The van der Waals surface area contributed by atoms with Crippen molar-refractivity contribution in [3.8, 4) is 0 Å². The Morgan fingerprint density at radius 2 is 2.08 bits per heavy atom. The van der Waals surface area contributed by atoms with Crippen molar-refractivity contribution in [2.24, 2.45) is 11.3 Å². The molecule has 0 aromatic carbocycles. The lowest BCUT2D eigenvalue weighted by Gasteiger charge is -2.28. The highest BCUT2D eigenvalue weighted by Crippen LogP contribution is 2.25. The van der Waals surface area contributed by atoms with Crippen LogP contribution in [0.4, 0.5) is 0 Å². The molecule has 0 radical (unpaired) electrons. The molecule has 12 heavy (non-hydrogen) atoms. The van der Waals surface area contributed by atoms with Gasteiger partial charge in [0, 0.05) is 18.6 Å². The highest BCUT2D eigenvalue weighted by atomic mass is 16.3. The Morgan fingerprint density at radius 3 is 2.50 bits per heavy atom. The van der Waals surface area contributed by atoms with Crippen LogP contribution in [0.1, 0.15) is 33.1 Å². The van der Waals surface area contributed by atoms with E-state index in [9.17, 15) is 0 Å². The summed E-state index contributed by atoms with van der Waals surface area (Å²) in [7, 11) is 0. The number of rotatable bonds is 5. The van der Waals surface area contributed by atoms with Gasteiger partial charge in [-0.3, -0.25) is 0 Å². The quantitative estimate of drug-likeness (QED) is 0.655. The third-order valence-electron chi connectivity index (χ3n) is 2.69. The second-order valence-corrected chi connectivity index (χ2v) is 4.75. The molecule has 1 fully saturated rings. The van der Waals surface area contributed by atoms with Gasteiger partial charge in [-0.1, -0.05) is 20.3 Å². The standard InChI is InChI=1S/C10H21NO/c1-10(2,8-12)7-11-6-9-4-3-5-9/h9,11-12H,3-8H2,1-2H3. The summed E-state index contributed by atoms with van der Waals surface area (Å²) in [5, 5.41) is 12.4. The van der Waals surface area contributed by atoms with Gasteiger partial charge in [-0.25, -0.2) is 0 Å². The molecule has 2 heteroatoms. The molecule has 1 saturated carbocycles. The molecule has 1 aliphatic rings. The van der Waals surface area contributed by atoms with Gasteiger partial charge in [-0.05, 0) is 25.3 Å². The van der Waals surface area contributed by atoms with Crippen LogP contribution in [0.15, 0.2) is 0 Å². The summed E-state index contributed by atoms with van der Waals surface area (Å²) in [6.07, 6.45) is 4.20. The van der Waals surface area contributed by atoms with Crippen LogP contribution >= 0.6 is 0 Å². The maximum absolute atomic E-state index is 8.99. The fourth-order valence-electron chi connectivity index (χ4n) is 1.37. The van der Waals surface area contributed by atoms with Gasteiger partial charge in [-0.2, -0.15) is 0 Å². The number of hydrogen-bond acceptors (Lipinski definition) is 2.